The first-order valence-electron chi connectivity index (χ1n) is 23.7. The van der Waals surface area contributed by atoms with Crippen molar-refractivity contribution in [1.82, 2.24) is 24.8 Å². The Morgan fingerprint density at radius 3 is 2.28 bits per heavy atom. The number of rotatable bonds is 13. The van der Waals surface area contributed by atoms with Crippen molar-refractivity contribution >= 4 is 46.5 Å². The molecule has 0 bridgehead atoms. The van der Waals surface area contributed by atoms with E-state index in [4.69, 9.17) is 37.9 Å². The quantitative estimate of drug-likeness (QED) is 0.163. The Bertz CT molecular complexity index is 2020. The Morgan fingerprint density at radius 1 is 0.925 bits per heavy atom. The largest absolute Gasteiger partial charge is 0.458 e. The number of fused-ring (bicyclic) bond motifs is 2. The van der Waals surface area contributed by atoms with Gasteiger partial charge in [-0.25, -0.2) is 15.0 Å². The van der Waals surface area contributed by atoms with E-state index in [-0.39, 0.29) is 37.2 Å². The van der Waals surface area contributed by atoms with E-state index in [9.17, 15) is 19.8 Å². The van der Waals surface area contributed by atoms with Crippen LogP contribution in [0.3, 0.4) is 0 Å². The molecule has 4 aliphatic rings. The number of imidazole rings is 1. The zero-order valence-corrected chi connectivity index (χ0v) is 42.5. The fraction of sp³-hybridized carbons (Fsp3) is 0.830. The van der Waals surface area contributed by atoms with Crippen LogP contribution >= 0.6 is 11.8 Å². The topological polar surface area (TPSA) is 235 Å². The molecule has 2 aromatic rings. The van der Waals surface area contributed by atoms with E-state index in [1.165, 1.54) is 25.2 Å². The minimum absolute atomic E-state index is 0.122. The number of thioether (sulfide) groups is 1. The fourth-order valence-corrected chi connectivity index (χ4v) is 12.5. The van der Waals surface area contributed by atoms with Crippen LogP contribution in [-0.2, 0) is 52.3 Å². The van der Waals surface area contributed by atoms with Gasteiger partial charge in [-0.3, -0.25) is 14.4 Å². The number of Topliss-reactive ketones (excluding diaryl/α,β-unsaturated/α-hetero) is 1. The second-order valence-electron chi connectivity index (χ2n) is 20.1. The number of ketones is 1. The summed E-state index contributed by atoms with van der Waals surface area (Å²) in [5.74, 6) is -4.10. The molecule has 3 unspecified atom stereocenters. The number of carbonyl (C=O) groups is 3. The van der Waals surface area contributed by atoms with Gasteiger partial charge < -0.3 is 63.3 Å². The van der Waals surface area contributed by atoms with Gasteiger partial charge in [0.15, 0.2) is 29.6 Å². The first kappa shape index (κ1) is 53.3. The molecule has 4 fully saturated rings. The van der Waals surface area contributed by atoms with E-state index >= 15 is 4.79 Å². The number of nitrogens with zero attached hydrogens (tertiary/aromatic N) is 4. The van der Waals surface area contributed by atoms with Crippen molar-refractivity contribution in [3.8, 4) is 0 Å². The first-order chi connectivity index (χ1) is 31.5. The van der Waals surface area contributed by atoms with Crippen molar-refractivity contribution < 1.29 is 62.5 Å². The average molecular weight is 965 g/mol. The van der Waals surface area contributed by atoms with Crippen molar-refractivity contribution in [2.75, 3.05) is 45.9 Å². The van der Waals surface area contributed by atoms with Gasteiger partial charge in [0.25, 0.3) is 0 Å². The summed E-state index contributed by atoms with van der Waals surface area (Å²) < 4.78 is 51.7. The highest BCUT2D eigenvalue weighted by molar-refractivity contribution is 8.00. The third-order valence-electron chi connectivity index (χ3n) is 15.2. The van der Waals surface area contributed by atoms with E-state index in [1.54, 1.807) is 41.1 Å². The van der Waals surface area contributed by atoms with E-state index in [1.807, 2.05) is 60.5 Å². The maximum absolute atomic E-state index is 15.1. The molecule has 6 heterocycles. The number of hydrogen-bond acceptors (Lipinski definition) is 19. The summed E-state index contributed by atoms with van der Waals surface area (Å²) >= 11 is 1.37. The molecule has 20 heteroatoms. The van der Waals surface area contributed by atoms with Crippen LogP contribution in [0.15, 0.2) is 12.7 Å². The molecule has 19 nitrogen and oxygen atoms in total. The van der Waals surface area contributed by atoms with E-state index in [2.05, 4.69) is 25.3 Å². The van der Waals surface area contributed by atoms with Crippen LogP contribution in [0.4, 0.5) is 5.82 Å². The van der Waals surface area contributed by atoms with Gasteiger partial charge in [-0.1, -0.05) is 27.7 Å². The molecule has 0 spiro atoms. The van der Waals surface area contributed by atoms with Gasteiger partial charge in [-0.05, 0) is 74.9 Å². The summed E-state index contributed by atoms with van der Waals surface area (Å²) in [6.45, 7) is 18.6. The third kappa shape index (κ3) is 10.8. The van der Waals surface area contributed by atoms with Crippen molar-refractivity contribution in [2.45, 2.75) is 178 Å². The molecule has 378 valence electrons. The van der Waals surface area contributed by atoms with Gasteiger partial charge in [0.1, 0.15) is 41.2 Å². The van der Waals surface area contributed by atoms with Gasteiger partial charge in [-0.2, -0.15) is 0 Å². The fourth-order valence-electron chi connectivity index (χ4n) is 11.2. The van der Waals surface area contributed by atoms with Gasteiger partial charge in [0.2, 0.25) is 0 Å². The van der Waals surface area contributed by atoms with Crippen molar-refractivity contribution in [3.05, 3.63) is 12.7 Å². The number of H-pyrrole nitrogens is 1. The highest BCUT2D eigenvalue weighted by atomic mass is 32.2. The second kappa shape index (κ2) is 21.5. The van der Waals surface area contributed by atoms with Gasteiger partial charge in [0.05, 0.1) is 47.9 Å². The van der Waals surface area contributed by atoms with Crippen LogP contribution in [0.25, 0.3) is 11.2 Å². The zero-order chi connectivity index (χ0) is 49.3. The first-order valence-corrected chi connectivity index (χ1v) is 24.8. The molecule has 6 rings (SSSR count). The highest BCUT2D eigenvalue weighted by Crippen LogP contribution is 2.49. The second-order valence-corrected chi connectivity index (χ2v) is 21.4. The lowest BCUT2D eigenvalue weighted by molar-refractivity contribution is -0.319. The molecular weight excluding hydrogens is 889 g/mol. The van der Waals surface area contributed by atoms with E-state index in [0.717, 1.165) is 0 Å². The van der Waals surface area contributed by atoms with Crippen LogP contribution in [0.5, 0.6) is 0 Å². The lowest BCUT2D eigenvalue weighted by atomic mass is 9.70. The average Bonchev–Trinajstić information content (AvgIpc) is 3.88. The molecule has 0 aromatic carbocycles. The number of hydrogen-bond donors (Lipinski definition) is 4. The number of anilines is 1. The maximum Gasteiger partial charge on any atom is 0.320 e. The van der Waals surface area contributed by atoms with Crippen LogP contribution < -0.4 is 5.32 Å². The molecule has 0 radical (unpaired) electrons. The Kier molecular flexibility index (Phi) is 17.1. The van der Waals surface area contributed by atoms with Crippen molar-refractivity contribution in [3.63, 3.8) is 0 Å². The monoisotopic (exact) mass is 965 g/mol. The number of nitrogens with one attached hydrogen (secondary N) is 2. The summed E-state index contributed by atoms with van der Waals surface area (Å²) in [6.07, 6.45) is -3.97. The van der Waals surface area contributed by atoms with E-state index in [0.29, 0.717) is 35.7 Å². The van der Waals surface area contributed by atoms with Crippen molar-refractivity contribution in [1.29, 1.82) is 0 Å². The van der Waals surface area contributed by atoms with Gasteiger partial charge in [-0.15, -0.1) is 11.8 Å². The van der Waals surface area contributed by atoms with Crippen LogP contribution in [-0.4, -0.2) is 177 Å². The number of aliphatic hydroxyl groups is 2. The summed E-state index contributed by atoms with van der Waals surface area (Å²) in [5, 5.41) is 25.5. The van der Waals surface area contributed by atoms with Crippen LogP contribution in [0, 0.1) is 29.6 Å². The molecule has 4 N–H and O–H groups in total. The number of aromatic amines is 1. The summed E-state index contributed by atoms with van der Waals surface area (Å²) in [4.78, 5) is 61.9. The standard InChI is InChI=1S/C47H76N6O13S/c1-15-30-47(10)32(37(43(58)66-47)67-17-16-48-40-33-41(50-21-49-33)52-22-51-40)25(4)34(54)23(2)19-46(9,60-14)39(65-44-35(55)29(53(11)12)18-24(3)61-44)26(5)36(27(6)42(57)63-30)64-31-20-45(8,59-13)38(56)28(7)62-31/h21-32,35-39,44,55-56H,15-20H2,1-14H3,(H2,48,49,50,51,52)/t23-,24-,25?,26+,27-,28-,29+,30-,31+,32?,35-,36+,37?,38+,39-,44+,45-,46-,47-/m1/s1. The molecule has 4 saturated heterocycles. The Hall–Kier alpha value is -3.05. The number of carbonyl (C=O) groups excluding carboxylic acids is 3. The summed E-state index contributed by atoms with van der Waals surface area (Å²) in [5.41, 5.74) is -2.54. The zero-order valence-electron chi connectivity index (χ0n) is 41.7. The summed E-state index contributed by atoms with van der Waals surface area (Å²) in [6, 6.07) is -0.299. The predicted molar refractivity (Wildman–Crippen MR) is 249 cm³/mol. The molecular formula is C47H76N6O13S. The Morgan fingerprint density at radius 2 is 1.63 bits per heavy atom. The lowest BCUT2D eigenvalue weighted by Gasteiger charge is -2.50. The molecule has 67 heavy (non-hydrogen) atoms. The normalized spacial score (nSPS) is 42.6. The SMILES string of the molecule is CC[C@H]1OC(=O)[C@H](C)[C@@H](O[C@H]2C[C@@](C)(OC)[C@@H](O)[C@@H](C)O2)[C@H](C)[C@@H](O[C@@H]2O[C@H](C)C[C@H](N(C)C)[C@H]2O)[C@](C)(OC)C[C@@H](C)C(=O)C(C)C2C(SCCNc3ncnc4nc[nH]c34)C(=O)O[C@@]21C. The number of aliphatic hydroxyl groups excluding tert-OH is 2. The molecule has 0 saturated carbocycles. The molecule has 4 aliphatic heterocycles. The molecule has 0 aliphatic carbocycles. The number of methoxy groups -OCH3 is 2. The lowest BCUT2D eigenvalue weighted by Crippen LogP contribution is -2.61. The maximum atomic E-state index is 15.1. The smallest absolute Gasteiger partial charge is 0.320 e. The van der Waals surface area contributed by atoms with Gasteiger partial charge >= 0.3 is 11.9 Å². The van der Waals surface area contributed by atoms with Gasteiger partial charge in [0, 0.05) is 62.7 Å². The third-order valence-corrected chi connectivity index (χ3v) is 16.5. The molecule has 2 aromatic heterocycles. The Labute approximate surface area is 399 Å². The Balaban J connectivity index is 1.39. The number of likely N-dealkylation sites (N-methyl/N-ethyl adjacent to an activating group) is 1. The number of ether oxygens (including phenoxy) is 8. The van der Waals surface area contributed by atoms with Crippen LogP contribution in [0.2, 0.25) is 0 Å². The number of esters is 2. The van der Waals surface area contributed by atoms with E-state index < -0.39 is 113 Å². The molecule has 19 atom stereocenters. The predicted octanol–water partition coefficient (Wildman–Crippen LogP) is 4.14. The minimum Gasteiger partial charge on any atom is -0.458 e. The van der Waals surface area contributed by atoms with Crippen molar-refractivity contribution in [2.24, 2.45) is 29.6 Å². The summed E-state index contributed by atoms with van der Waals surface area (Å²) in [7, 11) is 6.85. The minimum atomic E-state index is -1.40. The molecule has 0 amide bonds. The number of cyclic esters (lactones) is 1. The highest BCUT2D eigenvalue weighted by Gasteiger charge is 2.62. The van der Waals surface area contributed by atoms with Crippen LogP contribution in [0.1, 0.15) is 94.9 Å². The number of aromatic nitrogens is 4.